The lowest BCUT2D eigenvalue weighted by atomic mass is 10.1. The van der Waals surface area contributed by atoms with Gasteiger partial charge in [0.15, 0.2) is 0 Å². The standard InChI is InChI=1S/C17H20N4O3/c1-20-16(22)9-14(10-18-20)21-7-6-12(11-21)17(23)19-13-4-3-5-15(8-13)24-2/h3-5,8-10,12H,6-7,11H2,1-2H3,(H,19,23). The van der Waals surface area contributed by atoms with E-state index in [2.05, 4.69) is 10.4 Å². The Morgan fingerprint density at radius 3 is 2.96 bits per heavy atom. The summed E-state index contributed by atoms with van der Waals surface area (Å²) in [6.07, 6.45) is 2.40. The van der Waals surface area contributed by atoms with Crippen LogP contribution in [0.2, 0.25) is 0 Å². The molecule has 126 valence electrons. The number of nitrogens with one attached hydrogen (secondary N) is 1. The maximum Gasteiger partial charge on any atom is 0.268 e. The van der Waals surface area contributed by atoms with Gasteiger partial charge in [-0.25, -0.2) is 4.68 Å². The number of methoxy groups -OCH3 is 1. The van der Waals surface area contributed by atoms with Crippen LogP contribution >= 0.6 is 0 Å². The molecule has 1 aromatic carbocycles. The van der Waals surface area contributed by atoms with E-state index in [1.165, 1.54) is 4.68 Å². The summed E-state index contributed by atoms with van der Waals surface area (Å²) < 4.78 is 6.44. The third-order valence-corrected chi connectivity index (χ3v) is 4.21. The molecule has 0 radical (unpaired) electrons. The van der Waals surface area contributed by atoms with Gasteiger partial charge in [0, 0.05) is 38.0 Å². The number of aromatic nitrogens is 2. The SMILES string of the molecule is COc1cccc(NC(=O)C2CCN(c3cnn(C)c(=O)c3)C2)c1. The summed E-state index contributed by atoms with van der Waals surface area (Å²) in [6.45, 7) is 1.30. The Labute approximate surface area is 139 Å². The molecule has 7 heteroatoms. The third kappa shape index (κ3) is 3.40. The van der Waals surface area contributed by atoms with Crippen LogP contribution < -0.4 is 20.5 Å². The van der Waals surface area contributed by atoms with Gasteiger partial charge < -0.3 is 15.0 Å². The van der Waals surface area contributed by atoms with Crippen molar-refractivity contribution in [2.24, 2.45) is 13.0 Å². The van der Waals surface area contributed by atoms with E-state index in [4.69, 9.17) is 4.74 Å². The van der Waals surface area contributed by atoms with Gasteiger partial charge in [0.05, 0.1) is 24.9 Å². The highest BCUT2D eigenvalue weighted by Gasteiger charge is 2.29. The first-order valence-corrected chi connectivity index (χ1v) is 7.80. The summed E-state index contributed by atoms with van der Waals surface area (Å²) >= 11 is 0. The summed E-state index contributed by atoms with van der Waals surface area (Å²) in [7, 11) is 3.20. The number of benzene rings is 1. The highest BCUT2D eigenvalue weighted by Crippen LogP contribution is 2.24. The smallest absolute Gasteiger partial charge is 0.268 e. The number of hydrogen-bond acceptors (Lipinski definition) is 5. The Morgan fingerprint density at radius 2 is 2.21 bits per heavy atom. The first-order valence-electron chi connectivity index (χ1n) is 7.80. The minimum atomic E-state index is -0.156. The van der Waals surface area contributed by atoms with Crippen molar-refractivity contribution in [3.8, 4) is 5.75 Å². The Kier molecular flexibility index (Phi) is 4.50. The maximum absolute atomic E-state index is 12.5. The molecule has 2 aromatic rings. The molecule has 1 fully saturated rings. The lowest BCUT2D eigenvalue weighted by molar-refractivity contribution is -0.119. The second kappa shape index (κ2) is 6.74. The van der Waals surface area contributed by atoms with Crippen molar-refractivity contribution < 1.29 is 9.53 Å². The van der Waals surface area contributed by atoms with Gasteiger partial charge >= 0.3 is 0 Å². The number of carbonyl (C=O) groups is 1. The van der Waals surface area contributed by atoms with Gasteiger partial charge in [-0.2, -0.15) is 5.10 Å². The summed E-state index contributed by atoms with van der Waals surface area (Å²) in [5, 5.41) is 6.95. The molecule has 0 spiro atoms. The molecule has 1 aliphatic rings. The van der Waals surface area contributed by atoms with Crippen molar-refractivity contribution in [2.75, 3.05) is 30.4 Å². The van der Waals surface area contributed by atoms with Gasteiger partial charge in [0.2, 0.25) is 5.91 Å². The van der Waals surface area contributed by atoms with Gasteiger partial charge in [-0.3, -0.25) is 9.59 Å². The average Bonchev–Trinajstić information content (AvgIpc) is 3.08. The van der Waals surface area contributed by atoms with Gasteiger partial charge in [-0.15, -0.1) is 0 Å². The van der Waals surface area contributed by atoms with Crippen molar-refractivity contribution >= 4 is 17.3 Å². The zero-order chi connectivity index (χ0) is 17.1. The molecule has 0 bridgehead atoms. The van der Waals surface area contributed by atoms with Crippen molar-refractivity contribution in [1.29, 1.82) is 0 Å². The van der Waals surface area contributed by atoms with Crippen LogP contribution in [0.4, 0.5) is 11.4 Å². The van der Waals surface area contributed by atoms with Crippen molar-refractivity contribution in [3.63, 3.8) is 0 Å². The van der Waals surface area contributed by atoms with Gasteiger partial charge in [0.25, 0.3) is 5.56 Å². The first kappa shape index (κ1) is 16.0. The van der Waals surface area contributed by atoms with Gasteiger partial charge in [0.1, 0.15) is 5.75 Å². The third-order valence-electron chi connectivity index (χ3n) is 4.21. The minimum Gasteiger partial charge on any atom is -0.497 e. The van der Waals surface area contributed by atoms with Crippen LogP contribution in [-0.2, 0) is 11.8 Å². The zero-order valence-electron chi connectivity index (χ0n) is 13.7. The molecule has 24 heavy (non-hydrogen) atoms. The van der Waals surface area contributed by atoms with Crippen LogP contribution in [0.3, 0.4) is 0 Å². The van der Waals surface area contributed by atoms with Crippen LogP contribution in [-0.4, -0.2) is 35.9 Å². The number of carbonyl (C=O) groups excluding carboxylic acids is 1. The summed E-state index contributed by atoms with van der Waals surface area (Å²) in [6, 6.07) is 8.83. The van der Waals surface area contributed by atoms with Crippen molar-refractivity contribution in [3.05, 3.63) is 46.9 Å². The average molecular weight is 328 g/mol. The fourth-order valence-electron chi connectivity index (χ4n) is 2.79. The van der Waals surface area contributed by atoms with E-state index >= 15 is 0 Å². The predicted octanol–water partition coefficient (Wildman–Crippen LogP) is 1.25. The van der Waals surface area contributed by atoms with Crippen LogP contribution in [0.1, 0.15) is 6.42 Å². The second-order valence-corrected chi connectivity index (χ2v) is 5.83. The Bertz CT molecular complexity index is 802. The van der Waals surface area contributed by atoms with E-state index in [-0.39, 0.29) is 17.4 Å². The molecule has 1 amide bonds. The van der Waals surface area contributed by atoms with E-state index in [1.807, 2.05) is 23.1 Å². The topological polar surface area (TPSA) is 76.5 Å². The Hall–Kier alpha value is -2.83. The molecule has 1 atom stereocenters. The molecular formula is C17H20N4O3. The van der Waals surface area contributed by atoms with Crippen molar-refractivity contribution in [1.82, 2.24) is 9.78 Å². The van der Waals surface area contributed by atoms with Crippen LogP contribution in [0.15, 0.2) is 41.3 Å². The van der Waals surface area contributed by atoms with Crippen LogP contribution in [0.5, 0.6) is 5.75 Å². The lowest BCUT2D eigenvalue weighted by Crippen LogP contribution is -2.28. The fraction of sp³-hybridized carbons (Fsp3) is 0.353. The molecule has 0 saturated carbocycles. The van der Waals surface area contributed by atoms with Crippen LogP contribution in [0, 0.1) is 5.92 Å². The largest absolute Gasteiger partial charge is 0.497 e. The molecule has 1 aromatic heterocycles. The number of hydrogen-bond donors (Lipinski definition) is 1. The molecule has 1 N–H and O–H groups in total. The monoisotopic (exact) mass is 328 g/mol. The number of amides is 1. The summed E-state index contributed by atoms with van der Waals surface area (Å²) in [5.74, 6) is 0.551. The molecule has 1 aliphatic heterocycles. The minimum absolute atomic E-state index is 0.0254. The Balaban J connectivity index is 1.65. The second-order valence-electron chi connectivity index (χ2n) is 5.83. The summed E-state index contributed by atoms with van der Waals surface area (Å²) in [4.78, 5) is 26.2. The number of rotatable bonds is 4. The first-order chi connectivity index (χ1) is 11.6. The molecule has 1 unspecified atom stereocenters. The highest BCUT2D eigenvalue weighted by molar-refractivity contribution is 5.93. The zero-order valence-corrected chi connectivity index (χ0v) is 13.7. The molecular weight excluding hydrogens is 308 g/mol. The molecule has 2 heterocycles. The predicted molar refractivity (Wildman–Crippen MR) is 91.4 cm³/mol. The number of anilines is 2. The maximum atomic E-state index is 12.5. The van der Waals surface area contributed by atoms with Gasteiger partial charge in [-0.1, -0.05) is 6.07 Å². The fourth-order valence-corrected chi connectivity index (χ4v) is 2.79. The number of ether oxygens (including phenoxy) is 1. The normalized spacial score (nSPS) is 16.9. The van der Waals surface area contributed by atoms with E-state index in [1.54, 1.807) is 32.5 Å². The van der Waals surface area contributed by atoms with E-state index in [0.717, 1.165) is 18.7 Å². The van der Waals surface area contributed by atoms with Crippen molar-refractivity contribution in [2.45, 2.75) is 6.42 Å². The van der Waals surface area contributed by atoms with E-state index < -0.39 is 0 Å². The highest BCUT2D eigenvalue weighted by atomic mass is 16.5. The van der Waals surface area contributed by atoms with Gasteiger partial charge in [-0.05, 0) is 18.6 Å². The molecule has 1 saturated heterocycles. The molecule has 0 aliphatic carbocycles. The van der Waals surface area contributed by atoms with Crippen LogP contribution in [0.25, 0.3) is 0 Å². The number of aryl methyl sites for hydroxylation is 1. The van der Waals surface area contributed by atoms with E-state index in [0.29, 0.717) is 18.0 Å². The van der Waals surface area contributed by atoms with E-state index in [9.17, 15) is 9.59 Å². The quantitative estimate of drug-likeness (QED) is 0.914. The Morgan fingerprint density at radius 1 is 1.38 bits per heavy atom. The molecule has 7 nitrogen and oxygen atoms in total. The number of nitrogens with zero attached hydrogens (tertiary/aromatic N) is 3. The molecule has 3 rings (SSSR count). The summed E-state index contributed by atoms with van der Waals surface area (Å²) in [5.41, 5.74) is 1.32. The lowest BCUT2D eigenvalue weighted by Gasteiger charge is -2.18.